The van der Waals surface area contributed by atoms with E-state index in [1.165, 1.54) is 22.2 Å². The zero-order valence-corrected chi connectivity index (χ0v) is 18.4. The third-order valence-electron chi connectivity index (χ3n) is 5.91. The van der Waals surface area contributed by atoms with Gasteiger partial charge >= 0.3 is 0 Å². The molecule has 0 bridgehead atoms. The molecule has 5 rings (SSSR count). The van der Waals surface area contributed by atoms with Crippen molar-refractivity contribution in [2.75, 3.05) is 13.1 Å². The van der Waals surface area contributed by atoms with Gasteiger partial charge in [0.15, 0.2) is 0 Å². The van der Waals surface area contributed by atoms with Crippen LogP contribution in [0.15, 0.2) is 72.4 Å². The normalized spacial score (nSPS) is 15.5. The minimum atomic E-state index is -0.462. The molecule has 1 aliphatic rings. The van der Waals surface area contributed by atoms with Gasteiger partial charge in [0.05, 0.1) is 16.5 Å². The molecule has 32 heavy (non-hydrogen) atoms. The number of nitrogens with zero attached hydrogens (tertiary/aromatic N) is 3. The molecule has 4 aromatic rings. The van der Waals surface area contributed by atoms with E-state index in [9.17, 15) is 9.59 Å². The molecule has 7 heteroatoms. The Hall–Kier alpha value is -3.45. The summed E-state index contributed by atoms with van der Waals surface area (Å²) in [5.74, 6) is -0.575. The van der Waals surface area contributed by atoms with E-state index >= 15 is 0 Å². The van der Waals surface area contributed by atoms with E-state index in [0.29, 0.717) is 24.5 Å². The van der Waals surface area contributed by atoms with Crippen molar-refractivity contribution < 1.29 is 9.59 Å². The van der Waals surface area contributed by atoms with Crippen LogP contribution in [0.3, 0.4) is 0 Å². The summed E-state index contributed by atoms with van der Waals surface area (Å²) in [6.45, 7) is 2.22. The lowest BCUT2D eigenvalue weighted by Crippen LogP contribution is -2.44. The zero-order chi connectivity index (χ0) is 21.9. The molecule has 0 spiro atoms. The molecular formula is C25H24N4O2S. The number of carbonyl (C=O) groups excluding carboxylic acids is 2. The van der Waals surface area contributed by atoms with Crippen molar-refractivity contribution in [3.05, 3.63) is 88.5 Å². The maximum Gasteiger partial charge on any atom is 0.264 e. The monoisotopic (exact) mass is 444 g/mol. The summed E-state index contributed by atoms with van der Waals surface area (Å²) in [6.07, 6.45) is 4.62. The van der Waals surface area contributed by atoms with Gasteiger partial charge in [0.2, 0.25) is 5.91 Å². The lowest BCUT2D eigenvalue weighted by Gasteiger charge is -2.33. The Morgan fingerprint density at radius 2 is 2.00 bits per heavy atom. The van der Waals surface area contributed by atoms with Crippen molar-refractivity contribution in [1.82, 2.24) is 19.8 Å². The van der Waals surface area contributed by atoms with Gasteiger partial charge in [0.25, 0.3) is 5.91 Å². The van der Waals surface area contributed by atoms with E-state index in [-0.39, 0.29) is 11.8 Å². The first kappa shape index (κ1) is 20.5. The second-order valence-electron chi connectivity index (χ2n) is 7.98. The van der Waals surface area contributed by atoms with Gasteiger partial charge in [-0.05, 0) is 47.0 Å². The number of amides is 2. The van der Waals surface area contributed by atoms with Crippen molar-refractivity contribution in [1.29, 1.82) is 0 Å². The largest absolute Gasteiger partial charge is 0.355 e. The average Bonchev–Trinajstić information content (AvgIpc) is 3.51. The van der Waals surface area contributed by atoms with Crippen LogP contribution in [0.2, 0.25) is 0 Å². The highest BCUT2D eigenvalue weighted by Crippen LogP contribution is 2.28. The standard InChI is InChI=1S/C25H24N4O2S/c30-24(27-12-5-13-28-14-10-18-6-1-2-8-21(18)28)20-17-29(25(31)22-9-4-15-32-22)16-19-7-3-11-26-23(19)20/h1-4,6-11,14-15,20H,5,12-13,16-17H2,(H,27,30). The van der Waals surface area contributed by atoms with Gasteiger partial charge in [-0.1, -0.05) is 30.3 Å². The first-order chi connectivity index (χ1) is 15.7. The predicted molar refractivity (Wildman–Crippen MR) is 126 cm³/mol. The fourth-order valence-corrected chi connectivity index (χ4v) is 5.00. The first-order valence-electron chi connectivity index (χ1n) is 10.8. The number of thiophene rings is 1. The summed E-state index contributed by atoms with van der Waals surface area (Å²) < 4.78 is 2.21. The van der Waals surface area contributed by atoms with Crippen LogP contribution in [0, 0.1) is 0 Å². The highest BCUT2D eigenvalue weighted by atomic mass is 32.1. The molecular weight excluding hydrogens is 420 g/mol. The quantitative estimate of drug-likeness (QED) is 0.457. The molecule has 162 valence electrons. The molecule has 2 amide bonds. The molecule has 4 heterocycles. The third-order valence-corrected chi connectivity index (χ3v) is 6.77. The second kappa shape index (κ2) is 8.96. The number of fused-ring (bicyclic) bond motifs is 2. The Balaban J connectivity index is 1.24. The highest BCUT2D eigenvalue weighted by Gasteiger charge is 2.34. The van der Waals surface area contributed by atoms with Crippen molar-refractivity contribution >= 4 is 34.1 Å². The maximum atomic E-state index is 13.1. The molecule has 0 aliphatic carbocycles. The lowest BCUT2D eigenvalue weighted by atomic mass is 9.93. The number of para-hydroxylation sites is 1. The summed E-state index contributed by atoms with van der Waals surface area (Å²) >= 11 is 1.42. The van der Waals surface area contributed by atoms with Crippen molar-refractivity contribution in [2.24, 2.45) is 0 Å². The summed E-state index contributed by atoms with van der Waals surface area (Å²) in [4.78, 5) is 32.9. The van der Waals surface area contributed by atoms with Gasteiger partial charge in [-0.2, -0.15) is 0 Å². The second-order valence-corrected chi connectivity index (χ2v) is 8.92. The van der Waals surface area contributed by atoms with E-state index < -0.39 is 5.92 Å². The number of pyridine rings is 1. The van der Waals surface area contributed by atoms with Crippen LogP contribution < -0.4 is 5.32 Å². The zero-order valence-electron chi connectivity index (χ0n) is 17.6. The van der Waals surface area contributed by atoms with Gasteiger partial charge in [0, 0.05) is 44.1 Å². The number of aryl methyl sites for hydroxylation is 1. The topological polar surface area (TPSA) is 67.2 Å². The minimum absolute atomic E-state index is 0.0354. The Kier molecular flexibility index (Phi) is 5.73. The number of hydrogen-bond acceptors (Lipinski definition) is 4. The molecule has 1 aromatic carbocycles. The molecule has 1 aliphatic heterocycles. The van der Waals surface area contributed by atoms with Crippen molar-refractivity contribution in [2.45, 2.75) is 25.4 Å². The Labute approximate surface area is 190 Å². The number of hydrogen-bond donors (Lipinski definition) is 1. The Morgan fingerprint density at radius 3 is 2.88 bits per heavy atom. The summed E-state index contributed by atoms with van der Waals surface area (Å²) in [6, 6.07) is 17.9. The SMILES string of the molecule is O=C(NCCCn1ccc2ccccc21)C1CN(C(=O)c2cccs2)Cc2cccnc21. The van der Waals surface area contributed by atoms with Crippen molar-refractivity contribution in [3.63, 3.8) is 0 Å². The number of carbonyl (C=O) groups is 2. The minimum Gasteiger partial charge on any atom is -0.355 e. The fourth-order valence-electron chi connectivity index (χ4n) is 4.31. The molecule has 0 fully saturated rings. The van der Waals surface area contributed by atoms with Gasteiger partial charge in [-0.15, -0.1) is 11.3 Å². The van der Waals surface area contributed by atoms with Crippen LogP contribution in [0.1, 0.15) is 33.3 Å². The molecule has 0 saturated carbocycles. The molecule has 0 radical (unpaired) electrons. The average molecular weight is 445 g/mol. The van der Waals surface area contributed by atoms with Crippen LogP contribution in [0.25, 0.3) is 10.9 Å². The summed E-state index contributed by atoms with van der Waals surface area (Å²) in [5, 5.41) is 6.18. The first-order valence-corrected chi connectivity index (χ1v) is 11.7. The highest BCUT2D eigenvalue weighted by molar-refractivity contribution is 7.12. The van der Waals surface area contributed by atoms with Gasteiger partial charge in [-0.25, -0.2) is 0 Å². The summed E-state index contributed by atoms with van der Waals surface area (Å²) in [7, 11) is 0. The lowest BCUT2D eigenvalue weighted by molar-refractivity contribution is -0.123. The van der Waals surface area contributed by atoms with E-state index in [4.69, 9.17) is 0 Å². The summed E-state index contributed by atoms with van der Waals surface area (Å²) in [5.41, 5.74) is 2.91. The van der Waals surface area contributed by atoms with Crippen molar-refractivity contribution in [3.8, 4) is 0 Å². The van der Waals surface area contributed by atoms with Gasteiger partial charge in [0.1, 0.15) is 0 Å². The molecule has 1 unspecified atom stereocenters. The van der Waals surface area contributed by atoms with E-state index in [2.05, 4.69) is 39.3 Å². The van der Waals surface area contributed by atoms with Crippen LogP contribution >= 0.6 is 11.3 Å². The van der Waals surface area contributed by atoms with E-state index in [0.717, 1.165) is 24.2 Å². The van der Waals surface area contributed by atoms with Crippen LogP contribution in [0.4, 0.5) is 0 Å². The molecule has 6 nitrogen and oxygen atoms in total. The van der Waals surface area contributed by atoms with Gasteiger partial charge < -0.3 is 14.8 Å². The number of nitrogens with one attached hydrogen (secondary N) is 1. The van der Waals surface area contributed by atoms with Crippen LogP contribution in [0.5, 0.6) is 0 Å². The third kappa shape index (κ3) is 4.03. The molecule has 1 N–H and O–H groups in total. The Bertz CT molecular complexity index is 1250. The predicted octanol–water partition coefficient (Wildman–Crippen LogP) is 4.04. The molecule has 3 aromatic heterocycles. The Morgan fingerprint density at radius 1 is 1.09 bits per heavy atom. The van der Waals surface area contributed by atoms with Crippen LogP contribution in [-0.2, 0) is 17.9 Å². The smallest absolute Gasteiger partial charge is 0.264 e. The molecule has 0 saturated heterocycles. The van der Waals surface area contributed by atoms with Crippen LogP contribution in [-0.4, -0.2) is 39.4 Å². The molecule has 1 atom stereocenters. The maximum absolute atomic E-state index is 13.1. The number of rotatable bonds is 6. The fraction of sp³-hybridized carbons (Fsp3) is 0.240. The number of benzene rings is 1. The number of aromatic nitrogens is 2. The van der Waals surface area contributed by atoms with Gasteiger partial charge in [-0.3, -0.25) is 14.6 Å². The van der Waals surface area contributed by atoms with E-state index in [1.54, 1.807) is 11.1 Å². The van der Waals surface area contributed by atoms with E-state index in [1.807, 2.05) is 41.8 Å².